The van der Waals surface area contributed by atoms with Crippen molar-refractivity contribution < 1.29 is 0 Å². The van der Waals surface area contributed by atoms with Crippen LogP contribution in [0, 0.1) is 12.3 Å². The molecule has 0 N–H and O–H groups in total. The van der Waals surface area contributed by atoms with Gasteiger partial charge >= 0.3 is 0 Å². The summed E-state index contributed by atoms with van der Waals surface area (Å²) < 4.78 is 0. The van der Waals surface area contributed by atoms with Crippen LogP contribution in [0.25, 0.3) is 0 Å². The number of anilines is 1. The Bertz CT molecular complexity index is 323. The average Bonchev–Trinajstić information content (AvgIpc) is 2.17. The van der Waals surface area contributed by atoms with Crippen LogP contribution in [0.2, 0.25) is 0 Å². The molecule has 1 aromatic carbocycles. The molecule has 0 heterocycles. The Morgan fingerprint density at radius 2 is 2.33 bits per heavy atom. The van der Waals surface area contributed by atoms with Crippen molar-refractivity contribution in [1.29, 1.82) is 0 Å². The van der Waals surface area contributed by atoms with Crippen molar-refractivity contribution in [3.8, 4) is 12.3 Å². The van der Waals surface area contributed by atoms with Gasteiger partial charge < -0.3 is 0 Å². The number of rotatable bonds is 2. The summed E-state index contributed by atoms with van der Waals surface area (Å²) >= 11 is 0. The molecule has 2 nitrogen and oxygen atoms in total. The first-order chi connectivity index (χ1) is 5.77. The third kappa shape index (κ3) is 1.64. The van der Waals surface area contributed by atoms with Crippen molar-refractivity contribution in [1.82, 2.24) is 0 Å². The fourth-order valence-corrected chi connectivity index (χ4v) is 0.879. The van der Waals surface area contributed by atoms with E-state index in [4.69, 9.17) is 6.42 Å². The molecule has 0 radical (unpaired) electrons. The molecule has 0 spiro atoms. The highest BCUT2D eigenvalue weighted by atomic mass is 15.4. The first-order valence-electron chi connectivity index (χ1n) is 3.55. The van der Waals surface area contributed by atoms with Crippen molar-refractivity contribution in [2.24, 2.45) is 5.10 Å². The van der Waals surface area contributed by atoms with Crippen LogP contribution >= 0.6 is 0 Å². The largest absolute Gasteiger partial charge is 0.269 e. The number of hydrogen-bond acceptors (Lipinski definition) is 2. The molecule has 1 aromatic rings. The highest BCUT2D eigenvalue weighted by molar-refractivity contribution is 5.52. The van der Waals surface area contributed by atoms with Gasteiger partial charge in [0.25, 0.3) is 0 Å². The van der Waals surface area contributed by atoms with E-state index >= 15 is 0 Å². The van der Waals surface area contributed by atoms with Crippen molar-refractivity contribution in [2.45, 2.75) is 0 Å². The summed E-state index contributed by atoms with van der Waals surface area (Å²) in [6.07, 6.45) is 5.25. The van der Waals surface area contributed by atoms with E-state index < -0.39 is 0 Å². The second-order valence-electron chi connectivity index (χ2n) is 2.36. The number of nitrogens with zero attached hydrogens (tertiary/aromatic N) is 2. The third-order valence-corrected chi connectivity index (χ3v) is 1.60. The number of benzene rings is 1. The lowest BCUT2D eigenvalue weighted by atomic mass is 10.2. The molecule has 0 amide bonds. The first kappa shape index (κ1) is 8.35. The van der Waals surface area contributed by atoms with Gasteiger partial charge in [-0.05, 0) is 18.2 Å². The summed E-state index contributed by atoms with van der Waals surface area (Å²) in [5.41, 5.74) is 1.79. The van der Waals surface area contributed by atoms with Gasteiger partial charge in [0.2, 0.25) is 0 Å². The van der Waals surface area contributed by atoms with Crippen LogP contribution in [-0.4, -0.2) is 13.8 Å². The lowest BCUT2D eigenvalue weighted by Crippen LogP contribution is -2.06. The summed E-state index contributed by atoms with van der Waals surface area (Å²) in [5, 5.41) is 5.42. The Morgan fingerprint density at radius 1 is 1.58 bits per heavy atom. The smallest absolute Gasteiger partial charge is 0.0602 e. The molecule has 0 bridgehead atoms. The summed E-state index contributed by atoms with van der Waals surface area (Å²) in [7, 11) is 1.82. The third-order valence-electron chi connectivity index (χ3n) is 1.60. The zero-order valence-electron chi connectivity index (χ0n) is 6.99. The first-order valence-corrected chi connectivity index (χ1v) is 3.55. The fourth-order valence-electron chi connectivity index (χ4n) is 0.879. The van der Waals surface area contributed by atoms with Crippen LogP contribution in [0.1, 0.15) is 5.56 Å². The van der Waals surface area contributed by atoms with E-state index in [0.717, 1.165) is 11.3 Å². The molecule has 0 unspecified atom stereocenters. The van der Waals surface area contributed by atoms with Crippen LogP contribution < -0.4 is 5.01 Å². The van der Waals surface area contributed by atoms with Crippen LogP contribution in [0.15, 0.2) is 29.4 Å². The van der Waals surface area contributed by atoms with Crippen LogP contribution in [0.4, 0.5) is 5.69 Å². The predicted octanol–water partition coefficient (Wildman–Crippen LogP) is 1.72. The summed E-state index contributed by atoms with van der Waals surface area (Å²) in [5.74, 6) is 2.56. The minimum atomic E-state index is 0.850. The Labute approximate surface area is 72.5 Å². The standard InChI is InChI=1S/C10H10N2/c1-4-9-6-5-7-10(8-9)12(3)11-2/h1,5-8H,2H2,3H3. The van der Waals surface area contributed by atoms with Crippen LogP contribution in [-0.2, 0) is 0 Å². The molecule has 0 saturated heterocycles. The van der Waals surface area contributed by atoms with Crippen molar-refractivity contribution >= 4 is 12.4 Å². The maximum atomic E-state index is 5.25. The van der Waals surface area contributed by atoms with Crippen molar-refractivity contribution in [2.75, 3.05) is 12.1 Å². The minimum Gasteiger partial charge on any atom is -0.269 e. The molecule has 0 fully saturated rings. The molecule has 0 atom stereocenters. The number of hydrogen-bond donors (Lipinski definition) is 0. The lowest BCUT2D eigenvalue weighted by Gasteiger charge is -2.11. The van der Waals surface area contributed by atoms with E-state index in [1.807, 2.05) is 31.3 Å². The normalized spacial score (nSPS) is 8.67. The predicted molar refractivity (Wildman–Crippen MR) is 52.3 cm³/mol. The van der Waals surface area contributed by atoms with Gasteiger partial charge in [-0.3, -0.25) is 5.01 Å². The minimum absolute atomic E-state index is 0.850. The quantitative estimate of drug-likeness (QED) is 0.363. The summed E-state index contributed by atoms with van der Waals surface area (Å²) in [4.78, 5) is 0. The van der Waals surface area contributed by atoms with E-state index in [2.05, 4.69) is 17.7 Å². The van der Waals surface area contributed by atoms with E-state index in [-0.39, 0.29) is 0 Å². The molecule has 60 valence electrons. The Morgan fingerprint density at radius 3 is 2.92 bits per heavy atom. The molecular formula is C10H10N2. The van der Waals surface area contributed by atoms with Gasteiger partial charge in [-0.15, -0.1) is 6.42 Å². The van der Waals surface area contributed by atoms with Gasteiger partial charge in [0.15, 0.2) is 0 Å². The number of hydrazone groups is 1. The van der Waals surface area contributed by atoms with E-state index in [9.17, 15) is 0 Å². The second-order valence-corrected chi connectivity index (χ2v) is 2.36. The molecule has 0 aromatic heterocycles. The topological polar surface area (TPSA) is 15.6 Å². The highest BCUT2D eigenvalue weighted by Gasteiger charge is 1.96. The SMILES string of the molecule is C#Cc1cccc(N(C)N=C)c1. The Kier molecular flexibility index (Phi) is 2.49. The molecule has 0 aliphatic rings. The van der Waals surface area contributed by atoms with E-state index in [0.29, 0.717) is 0 Å². The summed E-state index contributed by atoms with van der Waals surface area (Å²) in [6, 6.07) is 7.58. The molecule has 1 rings (SSSR count). The van der Waals surface area contributed by atoms with Gasteiger partial charge in [0.05, 0.1) is 5.69 Å². The molecule has 2 heteroatoms. The lowest BCUT2D eigenvalue weighted by molar-refractivity contribution is 1.03. The van der Waals surface area contributed by atoms with Crippen molar-refractivity contribution in [3.63, 3.8) is 0 Å². The van der Waals surface area contributed by atoms with Crippen LogP contribution in [0.3, 0.4) is 0 Å². The zero-order chi connectivity index (χ0) is 8.97. The monoisotopic (exact) mass is 158 g/mol. The van der Waals surface area contributed by atoms with Gasteiger partial charge in [-0.1, -0.05) is 12.0 Å². The van der Waals surface area contributed by atoms with Gasteiger partial charge in [-0.2, -0.15) is 5.10 Å². The van der Waals surface area contributed by atoms with Gasteiger partial charge in [0.1, 0.15) is 0 Å². The average molecular weight is 158 g/mol. The van der Waals surface area contributed by atoms with Crippen molar-refractivity contribution in [3.05, 3.63) is 29.8 Å². The molecule has 0 aliphatic heterocycles. The number of terminal acetylenes is 1. The fraction of sp³-hybridized carbons (Fsp3) is 0.100. The van der Waals surface area contributed by atoms with E-state index in [1.165, 1.54) is 0 Å². The van der Waals surface area contributed by atoms with E-state index in [1.54, 1.807) is 5.01 Å². The molecule has 12 heavy (non-hydrogen) atoms. The Balaban J connectivity index is 3.03. The molecule has 0 aliphatic carbocycles. The summed E-state index contributed by atoms with van der Waals surface area (Å²) in [6.45, 7) is 3.42. The maximum absolute atomic E-state index is 5.25. The molecular weight excluding hydrogens is 148 g/mol. The van der Waals surface area contributed by atoms with Crippen LogP contribution in [0.5, 0.6) is 0 Å². The van der Waals surface area contributed by atoms with Gasteiger partial charge in [0, 0.05) is 19.3 Å². The van der Waals surface area contributed by atoms with Gasteiger partial charge in [-0.25, -0.2) is 0 Å². The zero-order valence-corrected chi connectivity index (χ0v) is 6.99. The molecule has 0 saturated carbocycles. The maximum Gasteiger partial charge on any atom is 0.0602 e. The second kappa shape index (κ2) is 3.59. The highest BCUT2D eigenvalue weighted by Crippen LogP contribution is 2.13. The Hall–Kier alpha value is -1.75.